The molecule has 0 aliphatic heterocycles. The van der Waals surface area contributed by atoms with E-state index in [-0.39, 0.29) is 0 Å². The van der Waals surface area contributed by atoms with Crippen molar-refractivity contribution in [2.45, 2.75) is 44.6 Å². The quantitative estimate of drug-likeness (QED) is 0.870. The van der Waals surface area contributed by atoms with Gasteiger partial charge in [0.15, 0.2) is 0 Å². The second-order valence-electron chi connectivity index (χ2n) is 5.18. The third kappa shape index (κ3) is 2.22. The Morgan fingerprint density at radius 3 is 2.78 bits per heavy atom. The Morgan fingerprint density at radius 1 is 1.33 bits per heavy atom. The lowest BCUT2D eigenvalue weighted by Gasteiger charge is -2.24. The topological polar surface area (TPSA) is 54.7 Å². The Balaban J connectivity index is 1.84. The SMILES string of the molecule is Cc1[nH]c(C2CCC(N)CC2)nc1-c1cccs1. The summed E-state index contributed by atoms with van der Waals surface area (Å²) in [5.74, 6) is 1.72. The summed E-state index contributed by atoms with van der Waals surface area (Å²) >= 11 is 1.75. The summed E-state index contributed by atoms with van der Waals surface area (Å²) in [7, 11) is 0. The first kappa shape index (κ1) is 11.9. The number of aromatic nitrogens is 2. The second kappa shape index (κ2) is 4.86. The van der Waals surface area contributed by atoms with Gasteiger partial charge in [-0.1, -0.05) is 6.07 Å². The van der Waals surface area contributed by atoms with Gasteiger partial charge in [-0.05, 0) is 44.1 Å². The maximum absolute atomic E-state index is 5.96. The molecule has 0 spiro atoms. The van der Waals surface area contributed by atoms with Gasteiger partial charge in [0.25, 0.3) is 0 Å². The van der Waals surface area contributed by atoms with E-state index in [2.05, 4.69) is 29.4 Å². The zero-order valence-electron chi connectivity index (χ0n) is 10.6. The summed E-state index contributed by atoms with van der Waals surface area (Å²) in [6.07, 6.45) is 4.58. The summed E-state index contributed by atoms with van der Waals surface area (Å²) in [5.41, 5.74) is 8.26. The number of hydrogen-bond donors (Lipinski definition) is 2. The summed E-state index contributed by atoms with van der Waals surface area (Å²) in [5, 5.41) is 2.10. The third-order valence-electron chi connectivity index (χ3n) is 3.82. The van der Waals surface area contributed by atoms with E-state index in [1.165, 1.54) is 10.6 Å². The van der Waals surface area contributed by atoms with Crippen molar-refractivity contribution >= 4 is 11.3 Å². The van der Waals surface area contributed by atoms with Gasteiger partial charge >= 0.3 is 0 Å². The van der Waals surface area contributed by atoms with Gasteiger partial charge in [-0.15, -0.1) is 11.3 Å². The Bertz CT molecular complexity index is 507. The summed E-state index contributed by atoms with van der Waals surface area (Å²) < 4.78 is 0. The molecule has 0 bridgehead atoms. The number of nitrogens with zero attached hydrogens (tertiary/aromatic N) is 1. The summed E-state index contributed by atoms with van der Waals surface area (Å²) in [6, 6.07) is 4.61. The minimum Gasteiger partial charge on any atom is -0.345 e. The zero-order chi connectivity index (χ0) is 12.5. The van der Waals surface area contributed by atoms with Gasteiger partial charge in [-0.25, -0.2) is 4.98 Å². The fraction of sp³-hybridized carbons (Fsp3) is 0.500. The third-order valence-corrected chi connectivity index (χ3v) is 4.69. The number of imidazole rings is 1. The molecule has 3 nitrogen and oxygen atoms in total. The van der Waals surface area contributed by atoms with Crippen LogP contribution in [-0.4, -0.2) is 16.0 Å². The van der Waals surface area contributed by atoms with Gasteiger partial charge in [-0.2, -0.15) is 0 Å². The minimum absolute atomic E-state index is 0.397. The first-order chi connectivity index (χ1) is 8.74. The highest BCUT2D eigenvalue weighted by molar-refractivity contribution is 7.13. The normalized spacial score (nSPS) is 24.3. The maximum atomic E-state index is 5.96. The number of thiophene rings is 1. The van der Waals surface area contributed by atoms with E-state index < -0.39 is 0 Å². The van der Waals surface area contributed by atoms with E-state index in [1.807, 2.05) is 0 Å². The van der Waals surface area contributed by atoms with Crippen molar-refractivity contribution in [2.75, 3.05) is 0 Å². The number of nitrogens with one attached hydrogen (secondary N) is 1. The van der Waals surface area contributed by atoms with Crippen LogP contribution in [0.15, 0.2) is 17.5 Å². The van der Waals surface area contributed by atoms with E-state index in [1.54, 1.807) is 11.3 Å². The summed E-state index contributed by atoms with van der Waals surface area (Å²) in [6.45, 7) is 2.11. The van der Waals surface area contributed by atoms with Gasteiger partial charge in [0, 0.05) is 17.7 Å². The molecule has 18 heavy (non-hydrogen) atoms. The standard InChI is InChI=1S/C14H19N3S/c1-9-13(12-3-2-8-18-12)17-14(16-9)10-4-6-11(15)7-5-10/h2-3,8,10-11H,4-7,15H2,1H3,(H,16,17). The molecule has 2 aromatic rings. The molecule has 96 valence electrons. The van der Waals surface area contributed by atoms with Gasteiger partial charge in [0.05, 0.1) is 4.88 Å². The molecule has 2 heterocycles. The van der Waals surface area contributed by atoms with E-state index in [4.69, 9.17) is 10.7 Å². The molecule has 0 unspecified atom stereocenters. The van der Waals surface area contributed by atoms with Crippen molar-refractivity contribution in [3.05, 3.63) is 29.0 Å². The van der Waals surface area contributed by atoms with Crippen molar-refractivity contribution < 1.29 is 0 Å². The van der Waals surface area contributed by atoms with Crippen LogP contribution in [0.1, 0.15) is 43.1 Å². The molecule has 0 aromatic carbocycles. The molecule has 0 saturated heterocycles. The monoisotopic (exact) mass is 261 g/mol. The maximum Gasteiger partial charge on any atom is 0.110 e. The van der Waals surface area contributed by atoms with Crippen LogP contribution in [0.3, 0.4) is 0 Å². The highest BCUT2D eigenvalue weighted by Gasteiger charge is 2.23. The Kier molecular flexibility index (Phi) is 3.22. The largest absolute Gasteiger partial charge is 0.345 e. The van der Waals surface area contributed by atoms with E-state index in [0.29, 0.717) is 12.0 Å². The van der Waals surface area contributed by atoms with E-state index in [0.717, 1.165) is 37.2 Å². The molecular weight excluding hydrogens is 242 g/mol. The molecule has 1 aliphatic carbocycles. The van der Waals surface area contributed by atoms with Gasteiger partial charge < -0.3 is 10.7 Å². The predicted molar refractivity (Wildman–Crippen MR) is 75.8 cm³/mol. The number of hydrogen-bond acceptors (Lipinski definition) is 3. The Hall–Kier alpha value is -1.13. The lowest BCUT2D eigenvalue weighted by atomic mass is 9.86. The minimum atomic E-state index is 0.397. The van der Waals surface area contributed by atoms with Crippen molar-refractivity contribution in [3.8, 4) is 10.6 Å². The van der Waals surface area contributed by atoms with E-state index in [9.17, 15) is 0 Å². The zero-order valence-corrected chi connectivity index (χ0v) is 11.5. The average molecular weight is 261 g/mol. The molecule has 3 N–H and O–H groups in total. The van der Waals surface area contributed by atoms with Crippen LogP contribution in [-0.2, 0) is 0 Å². The van der Waals surface area contributed by atoms with E-state index >= 15 is 0 Å². The van der Waals surface area contributed by atoms with Gasteiger partial charge in [0.2, 0.25) is 0 Å². The first-order valence-corrected chi connectivity index (χ1v) is 7.48. The number of aryl methyl sites for hydroxylation is 1. The molecule has 4 heteroatoms. The highest BCUT2D eigenvalue weighted by atomic mass is 32.1. The highest BCUT2D eigenvalue weighted by Crippen LogP contribution is 2.33. The average Bonchev–Trinajstić information content (AvgIpc) is 2.99. The van der Waals surface area contributed by atoms with Crippen LogP contribution in [0.4, 0.5) is 0 Å². The van der Waals surface area contributed by atoms with Crippen molar-refractivity contribution in [3.63, 3.8) is 0 Å². The van der Waals surface area contributed by atoms with Crippen LogP contribution >= 0.6 is 11.3 Å². The molecule has 1 saturated carbocycles. The number of H-pyrrole nitrogens is 1. The number of rotatable bonds is 2. The first-order valence-electron chi connectivity index (χ1n) is 6.60. The fourth-order valence-corrected chi connectivity index (χ4v) is 3.49. The lowest BCUT2D eigenvalue weighted by molar-refractivity contribution is 0.386. The second-order valence-corrected chi connectivity index (χ2v) is 6.13. The molecule has 0 amide bonds. The molecule has 1 fully saturated rings. The van der Waals surface area contributed by atoms with Crippen molar-refractivity contribution in [1.82, 2.24) is 9.97 Å². The van der Waals surface area contributed by atoms with Crippen molar-refractivity contribution in [2.24, 2.45) is 5.73 Å². The van der Waals surface area contributed by atoms with Crippen LogP contribution in [0.25, 0.3) is 10.6 Å². The lowest BCUT2D eigenvalue weighted by Crippen LogP contribution is -2.26. The molecule has 0 atom stereocenters. The number of aromatic amines is 1. The fourth-order valence-electron chi connectivity index (χ4n) is 2.72. The van der Waals surface area contributed by atoms with Gasteiger partial charge in [-0.3, -0.25) is 0 Å². The predicted octanol–water partition coefficient (Wildman–Crippen LogP) is 3.43. The molecule has 2 aromatic heterocycles. The van der Waals surface area contributed by atoms with Crippen LogP contribution in [0.2, 0.25) is 0 Å². The van der Waals surface area contributed by atoms with Crippen LogP contribution in [0.5, 0.6) is 0 Å². The molecular formula is C14H19N3S. The Labute approximate surface area is 111 Å². The van der Waals surface area contributed by atoms with Gasteiger partial charge in [0.1, 0.15) is 11.5 Å². The number of nitrogens with two attached hydrogens (primary N) is 1. The molecule has 3 rings (SSSR count). The summed E-state index contributed by atoms with van der Waals surface area (Å²) in [4.78, 5) is 9.54. The molecule has 0 radical (unpaired) electrons. The van der Waals surface area contributed by atoms with Crippen LogP contribution in [0, 0.1) is 6.92 Å². The van der Waals surface area contributed by atoms with Crippen LogP contribution < -0.4 is 5.73 Å². The smallest absolute Gasteiger partial charge is 0.110 e. The van der Waals surface area contributed by atoms with Crippen molar-refractivity contribution in [1.29, 1.82) is 0 Å². The Morgan fingerprint density at radius 2 is 2.11 bits per heavy atom. The molecule has 1 aliphatic rings.